The molecule has 6 heteroatoms. The van der Waals surface area contributed by atoms with Gasteiger partial charge in [-0.05, 0) is 32.6 Å². The van der Waals surface area contributed by atoms with Gasteiger partial charge in [0.1, 0.15) is 5.82 Å². The van der Waals surface area contributed by atoms with E-state index in [2.05, 4.69) is 25.5 Å². The molecule has 6 nitrogen and oxygen atoms in total. The summed E-state index contributed by atoms with van der Waals surface area (Å²) < 4.78 is 0. The summed E-state index contributed by atoms with van der Waals surface area (Å²) in [4.78, 5) is 8.61. The summed E-state index contributed by atoms with van der Waals surface area (Å²) >= 11 is 0. The van der Waals surface area contributed by atoms with Gasteiger partial charge >= 0.3 is 0 Å². The number of hydrogen-bond acceptors (Lipinski definition) is 5. The highest BCUT2D eigenvalue weighted by Crippen LogP contribution is 2.27. The molecular formula is C12H16N6. The highest BCUT2D eigenvalue weighted by atomic mass is 15.2. The second kappa shape index (κ2) is 4.29. The van der Waals surface area contributed by atoms with Crippen molar-refractivity contribution in [2.24, 2.45) is 0 Å². The van der Waals surface area contributed by atoms with E-state index in [1.165, 1.54) is 18.4 Å². The lowest BCUT2D eigenvalue weighted by Gasteiger charge is -2.18. The van der Waals surface area contributed by atoms with Gasteiger partial charge in [-0.15, -0.1) is 0 Å². The molecule has 18 heavy (non-hydrogen) atoms. The average Bonchev–Trinajstić information content (AvgIpc) is 2.74. The Morgan fingerprint density at radius 3 is 2.89 bits per heavy atom. The molecule has 2 aromatic heterocycles. The molecule has 0 saturated carbocycles. The monoisotopic (exact) mass is 244 g/mol. The number of fused-ring (bicyclic) bond motifs is 1. The highest BCUT2D eigenvalue weighted by Gasteiger charge is 2.17. The molecule has 0 amide bonds. The van der Waals surface area contributed by atoms with Crippen molar-refractivity contribution in [3.63, 3.8) is 0 Å². The minimum atomic E-state index is 0.324. The van der Waals surface area contributed by atoms with Crippen LogP contribution in [-0.2, 0) is 12.8 Å². The Bertz CT molecular complexity index is 574. The first-order valence-corrected chi connectivity index (χ1v) is 6.16. The molecule has 0 atom stereocenters. The number of H-pyrrole nitrogens is 1. The van der Waals surface area contributed by atoms with Crippen molar-refractivity contribution in [3.05, 3.63) is 23.0 Å². The number of nitrogen functional groups attached to an aromatic ring is 1. The number of aromatic amines is 1. The Labute approximate surface area is 105 Å². The first kappa shape index (κ1) is 11.0. The Balaban J connectivity index is 1.98. The van der Waals surface area contributed by atoms with E-state index >= 15 is 0 Å². The number of nitrogens with two attached hydrogens (primary N) is 1. The molecule has 2 aromatic rings. The molecule has 3 rings (SSSR count). The first-order valence-electron chi connectivity index (χ1n) is 6.16. The van der Waals surface area contributed by atoms with Crippen LogP contribution in [0.15, 0.2) is 6.07 Å². The average molecular weight is 244 g/mol. The zero-order chi connectivity index (χ0) is 12.5. The largest absolute Gasteiger partial charge is 0.368 e. The van der Waals surface area contributed by atoms with Crippen LogP contribution in [0, 0.1) is 6.92 Å². The van der Waals surface area contributed by atoms with Gasteiger partial charge in [0, 0.05) is 17.3 Å². The quantitative estimate of drug-likeness (QED) is 0.748. The van der Waals surface area contributed by atoms with Gasteiger partial charge in [-0.2, -0.15) is 10.1 Å². The third-order valence-corrected chi connectivity index (χ3v) is 3.15. The standard InChI is InChI=1S/C12H16N6/c1-7-6-10(18-17-7)15-11-8-4-2-3-5-9(8)14-12(13)16-11/h6H,2-5H2,1H3,(H4,13,14,15,16,17,18). The van der Waals surface area contributed by atoms with E-state index in [4.69, 9.17) is 5.73 Å². The van der Waals surface area contributed by atoms with Gasteiger partial charge in [0.05, 0.1) is 5.69 Å². The molecule has 0 saturated heterocycles. The van der Waals surface area contributed by atoms with E-state index < -0.39 is 0 Å². The van der Waals surface area contributed by atoms with Crippen LogP contribution in [0.1, 0.15) is 29.8 Å². The van der Waals surface area contributed by atoms with E-state index in [1.54, 1.807) is 0 Å². The summed E-state index contributed by atoms with van der Waals surface area (Å²) in [6.07, 6.45) is 4.33. The molecule has 4 N–H and O–H groups in total. The predicted molar refractivity (Wildman–Crippen MR) is 69.7 cm³/mol. The number of aromatic nitrogens is 4. The van der Waals surface area contributed by atoms with E-state index in [0.717, 1.165) is 35.9 Å². The lowest BCUT2D eigenvalue weighted by Crippen LogP contribution is -2.12. The molecule has 0 aromatic carbocycles. The zero-order valence-corrected chi connectivity index (χ0v) is 10.3. The first-order chi connectivity index (χ1) is 8.72. The molecule has 1 aliphatic rings. The molecule has 1 aliphatic carbocycles. The second-order valence-corrected chi connectivity index (χ2v) is 4.62. The maximum absolute atomic E-state index is 5.75. The van der Waals surface area contributed by atoms with Crippen LogP contribution in [0.5, 0.6) is 0 Å². The van der Waals surface area contributed by atoms with E-state index in [9.17, 15) is 0 Å². The van der Waals surface area contributed by atoms with Crippen LogP contribution in [-0.4, -0.2) is 20.2 Å². The number of nitrogens with zero attached hydrogens (tertiary/aromatic N) is 3. The number of rotatable bonds is 2. The fourth-order valence-corrected chi connectivity index (χ4v) is 2.32. The van der Waals surface area contributed by atoms with Gasteiger partial charge in [0.25, 0.3) is 0 Å². The summed E-state index contributed by atoms with van der Waals surface area (Å²) in [7, 11) is 0. The van der Waals surface area contributed by atoms with Crippen LogP contribution in [0.2, 0.25) is 0 Å². The minimum absolute atomic E-state index is 0.324. The van der Waals surface area contributed by atoms with Gasteiger partial charge in [-0.3, -0.25) is 5.10 Å². The topological polar surface area (TPSA) is 92.5 Å². The molecule has 0 aliphatic heterocycles. The molecular weight excluding hydrogens is 228 g/mol. The van der Waals surface area contributed by atoms with Crippen molar-refractivity contribution in [2.75, 3.05) is 11.1 Å². The molecule has 0 radical (unpaired) electrons. The lowest BCUT2D eigenvalue weighted by molar-refractivity contribution is 0.666. The number of aryl methyl sites for hydroxylation is 2. The highest BCUT2D eigenvalue weighted by molar-refractivity contribution is 5.59. The third-order valence-electron chi connectivity index (χ3n) is 3.15. The second-order valence-electron chi connectivity index (χ2n) is 4.62. The molecule has 2 heterocycles. The van der Waals surface area contributed by atoms with Gasteiger partial charge < -0.3 is 11.1 Å². The number of hydrogen-bond donors (Lipinski definition) is 3. The number of anilines is 3. The number of nitrogens with one attached hydrogen (secondary N) is 2. The predicted octanol–water partition coefficient (Wildman–Crippen LogP) is 1.71. The van der Waals surface area contributed by atoms with Gasteiger partial charge in [0.2, 0.25) is 5.95 Å². The van der Waals surface area contributed by atoms with Crippen molar-refractivity contribution >= 4 is 17.6 Å². The fraction of sp³-hybridized carbons (Fsp3) is 0.417. The Morgan fingerprint density at radius 2 is 2.11 bits per heavy atom. The van der Waals surface area contributed by atoms with E-state index in [-0.39, 0.29) is 0 Å². The van der Waals surface area contributed by atoms with Crippen molar-refractivity contribution in [3.8, 4) is 0 Å². The summed E-state index contributed by atoms with van der Waals surface area (Å²) in [5.41, 5.74) is 9.01. The maximum Gasteiger partial charge on any atom is 0.222 e. The molecule has 0 fully saturated rings. The van der Waals surface area contributed by atoms with E-state index in [1.807, 2.05) is 13.0 Å². The van der Waals surface area contributed by atoms with Gasteiger partial charge in [-0.25, -0.2) is 4.98 Å². The van der Waals surface area contributed by atoms with Crippen molar-refractivity contribution < 1.29 is 0 Å². The smallest absolute Gasteiger partial charge is 0.222 e. The minimum Gasteiger partial charge on any atom is -0.368 e. The summed E-state index contributed by atoms with van der Waals surface area (Å²) in [5, 5.41) is 10.3. The molecule has 94 valence electrons. The Morgan fingerprint density at radius 1 is 1.28 bits per heavy atom. The van der Waals surface area contributed by atoms with Crippen molar-refractivity contribution in [2.45, 2.75) is 32.6 Å². The normalized spacial score (nSPS) is 14.3. The third kappa shape index (κ3) is 2.01. The SMILES string of the molecule is Cc1cc(Nc2nc(N)nc3c2CCCC3)n[nH]1. The van der Waals surface area contributed by atoms with Crippen LogP contribution in [0.25, 0.3) is 0 Å². The van der Waals surface area contributed by atoms with Crippen LogP contribution in [0.3, 0.4) is 0 Å². The van der Waals surface area contributed by atoms with Gasteiger partial charge in [0.15, 0.2) is 5.82 Å². The van der Waals surface area contributed by atoms with Crippen LogP contribution < -0.4 is 11.1 Å². The lowest BCUT2D eigenvalue weighted by atomic mass is 9.96. The Hall–Kier alpha value is -2.11. The summed E-state index contributed by atoms with van der Waals surface area (Å²) in [5.74, 6) is 1.88. The molecule has 0 unspecified atom stereocenters. The fourth-order valence-electron chi connectivity index (χ4n) is 2.32. The van der Waals surface area contributed by atoms with Gasteiger partial charge in [-0.1, -0.05) is 0 Å². The summed E-state index contributed by atoms with van der Waals surface area (Å²) in [6, 6.07) is 1.94. The zero-order valence-electron chi connectivity index (χ0n) is 10.3. The van der Waals surface area contributed by atoms with Crippen molar-refractivity contribution in [1.29, 1.82) is 0 Å². The Kier molecular flexibility index (Phi) is 2.62. The van der Waals surface area contributed by atoms with Crippen LogP contribution in [0.4, 0.5) is 17.6 Å². The summed E-state index contributed by atoms with van der Waals surface area (Å²) in [6.45, 7) is 1.96. The molecule has 0 spiro atoms. The van der Waals surface area contributed by atoms with E-state index in [0.29, 0.717) is 5.95 Å². The molecule has 0 bridgehead atoms. The van der Waals surface area contributed by atoms with Crippen LogP contribution >= 0.6 is 0 Å². The van der Waals surface area contributed by atoms with Crippen molar-refractivity contribution in [1.82, 2.24) is 20.2 Å². The maximum atomic E-state index is 5.75.